The van der Waals surface area contributed by atoms with Crippen molar-refractivity contribution < 1.29 is 18.0 Å². The molecule has 0 fully saturated rings. The standard InChI is InChI=1S/C15H16F3N3O/c1-10-9-13(20-21(10)2)14(22)19-8-7-11-3-5-12(6-4-11)15(16,17)18/h3-6,9H,7-8H2,1-2H3,(H,19,22). The van der Waals surface area contributed by atoms with Gasteiger partial charge in [-0.15, -0.1) is 0 Å². The molecule has 0 saturated heterocycles. The number of hydrogen-bond acceptors (Lipinski definition) is 2. The molecule has 0 aliphatic heterocycles. The number of nitrogens with zero attached hydrogens (tertiary/aromatic N) is 2. The molecule has 0 aliphatic rings. The summed E-state index contributed by atoms with van der Waals surface area (Å²) in [6, 6.07) is 6.59. The van der Waals surface area contributed by atoms with Gasteiger partial charge in [0.25, 0.3) is 5.91 Å². The van der Waals surface area contributed by atoms with E-state index < -0.39 is 11.7 Å². The number of aromatic nitrogens is 2. The van der Waals surface area contributed by atoms with E-state index in [-0.39, 0.29) is 5.91 Å². The fourth-order valence-electron chi connectivity index (χ4n) is 1.94. The van der Waals surface area contributed by atoms with Crippen LogP contribution in [0, 0.1) is 6.92 Å². The Bertz CT molecular complexity index is 640. The van der Waals surface area contributed by atoms with Crippen LogP contribution in [-0.2, 0) is 19.6 Å². The van der Waals surface area contributed by atoms with Gasteiger partial charge in [0.2, 0.25) is 0 Å². The van der Waals surface area contributed by atoms with Gasteiger partial charge in [-0.2, -0.15) is 18.3 Å². The first-order valence-electron chi connectivity index (χ1n) is 6.72. The number of alkyl halides is 3. The number of carbonyl (C=O) groups excluding carboxylic acids is 1. The number of nitrogens with one attached hydrogen (secondary N) is 1. The molecule has 0 saturated carbocycles. The normalized spacial score (nSPS) is 11.5. The number of aryl methyl sites for hydroxylation is 2. The third-order valence-electron chi connectivity index (χ3n) is 3.33. The molecule has 22 heavy (non-hydrogen) atoms. The van der Waals surface area contributed by atoms with Crippen molar-refractivity contribution >= 4 is 5.91 Å². The minimum atomic E-state index is -4.33. The topological polar surface area (TPSA) is 46.9 Å². The Balaban J connectivity index is 1.87. The molecule has 0 radical (unpaired) electrons. The van der Waals surface area contributed by atoms with Gasteiger partial charge in [0.15, 0.2) is 0 Å². The highest BCUT2D eigenvalue weighted by Gasteiger charge is 2.29. The highest BCUT2D eigenvalue weighted by atomic mass is 19.4. The minimum absolute atomic E-state index is 0.296. The maximum absolute atomic E-state index is 12.4. The quantitative estimate of drug-likeness (QED) is 0.944. The van der Waals surface area contributed by atoms with Crippen molar-refractivity contribution in [1.82, 2.24) is 15.1 Å². The van der Waals surface area contributed by atoms with Crippen LogP contribution < -0.4 is 5.32 Å². The molecule has 1 N–H and O–H groups in total. The molecule has 118 valence electrons. The molecule has 0 bridgehead atoms. The molecule has 0 atom stereocenters. The lowest BCUT2D eigenvalue weighted by Gasteiger charge is -2.08. The van der Waals surface area contributed by atoms with Crippen LogP contribution in [0.15, 0.2) is 30.3 Å². The Kier molecular flexibility index (Phi) is 4.54. The molecule has 2 aromatic rings. The maximum Gasteiger partial charge on any atom is 0.416 e. The molecular weight excluding hydrogens is 295 g/mol. The average molecular weight is 311 g/mol. The molecule has 1 amide bonds. The second-order valence-electron chi connectivity index (χ2n) is 5.00. The second kappa shape index (κ2) is 6.21. The first-order valence-corrected chi connectivity index (χ1v) is 6.72. The van der Waals surface area contributed by atoms with Crippen molar-refractivity contribution in [2.24, 2.45) is 7.05 Å². The van der Waals surface area contributed by atoms with Gasteiger partial charge in [-0.1, -0.05) is 12.1 Å². The van der Waals surface area contributed by atoms with Crippen molar-refractivity contribution in [2.75, 3.05) is 6.54 Å². The molecular formula is C15H16F3N3O. The van der Waals surface area contributed by atoms with E-state index in [1.54, 1.807) is 17.8 Å². The Morgan fingerprint density at radius 2 is 1.91 bits per heavy atom. The third kappa shape index (κ3) is 3.87. The van der Waals surface area contributed by atoms with Gasteiger partial charge >= 0.3 is 6.18 Å². The molecule has 1 heterocycles. The number of halogens is 3. The van der Waals surface area contributed by atoms with E-state index in [1.807, 2.05) is 6.92 Å². The van der Waals surface area contributed by atoms with Gasteiger partial charge < -0.3 is 5.32 Å². The molecule has 0 spiro atoms. The van der Waals surface area contributed by atoms with Crippen LogP contribution in [0.25, 0.3) is 0 Å². The lowest BCUT2D eigenvalue weighted by atomic mass is 10.1. The zero-order valence-electron chi connectivity index (χ0n) is 12.2. The predicted octanol–water partition coefficient (Wildman–Crippen LogP) is 2.72. The smallest absolute Gasteiger partial charge is 0.350 e. The van der Waals surface area contributed by atoms with Crippen LogP contribution in [0.4, 0.5) is 13.2 Å². The van der Waals surface area contributed by atoms with E-state index in [4.69, 9.17) is 0 Å². The number of benzene rings is 1. The van der Waals surface area contributed by atoms with E-state index in [0.717, 1.165) is 23.4 Å². The Morgan fingerprint density at radius 3 is 2.41 bits per heavy atom. The lowest BCUT2D eigenvalue weighted by molar-refractivity contribution is -0.137. The molecule has 1 aromatic carbocycles. The van der Waals surface area contributed by atoms with E-state index >= 15 is 0 Å². The average Bonchev–Trinajstić information content (AvgIpc) is 2.78. The summed E-state index contributed by atoms with van der Waals surface area (Å²) >= 11 is 0. The first kappa shape index (κ1) is 16.1. The van der Waals surface area contributed by atoms with Crippen LogP contribution >= 0.6 is 0 Å². The van der Waals surface area contributed by atoms with Gasteiger partial charge in [-0.05, 0) is 37.1 Å². The first-order chi connectivity index (χ1) is 10.3. The summed E-state index contributed by atoms with van der Waals surface area (Å²) in [6.45, 7) is 2.17. The van der Waals surface area contributed by atoms with E-state index in [9.17, 15) is 18.0 Å². The highest BCUT2D eigenvalue weighted by molar-refractivity contribution is 5.92. The SMILES string of the molecule is Cc1cc(C(=O)NCCc2ccc(C(F)(F)F)cc2)nn1C. The van der Waals surface area contributed by atoms with Gasteiger partial charge in [-0.3, -0.25) is 9.48 Å². The summed E-state index contributed by atoms with van der Waals surface area (Å²) in [6.07, 6.45) is -3.88. The van der Waals surface area contributed by atoms with Crippen LogP contribution in [0.1, 0.15) is 27.3 Å². The number of hydrogen-bond donors (Lipinski definition) is 1. The number of rotatable bonds is 4. The van der Waals surface area contributed by atoms with Gasteiger partial charge in [0.05, 0.1) is 5.56 Å². The van der Waals surface area contributed by atoms with Crippen molar-refractivity contribution in [3.8, 4) is 0 Å². The van der Waals surface area contributed by atoms with Crippen LogP contribution in [0.2, 0.25) is 0 Å². The Labute approximate surface area is 125 Å². The fraction of sp³-hybridized carbons (Fsp3) is 0.333. The molecule has 2 rings (SSSR count). The van der Waals surface area contributed by atoms with E-state index in [2.05, 4.69) is 10.4 Å². The highest BCUT2D eigenvalue weighted by Crippen LogP contribution is 2.29. The lowest BCUT2D eigenvalue weighted by Crippen LogP contribution is -2.26. The van der Waals surface area contributed by atoms with E-state index in [0.29, 0.717) is 18.7 Å². The van der Waals surface area contributed by atoms with Crippen LogP contribution in [0.3, 0.4) is 0 Å². The molecule has 4 nitrogen and oxygen atoms in total. The zero-order chi connectivity index (χ0) is 16.3. The summed E-state index contributed by atoms with van der Waals surface area (Å²) < 4.78 is 38.9. The summed E-state index contributed by atoms with van der Waals surface area (Å²) in [5.41, 5.74) is 1.25. The second-order valence-corrected chi connectivity index (χ2v) is 5.00. The van der Waals surface area contributed by atoms with Crippen molar-refractivity contribution in [2.45, 2.75) is 19.5 Å². The summed E-state index contributed by atoms with van der Waals surface area (Å²) in [4.78, 5) is 11.9. The van der Waals surface area contributed by atoms with Crippen molar-refractivity contribution in [3.05, 3.63) is 52.8 Å². The summed E-state index contributed by atoms with van der Waals surface area (Å²) in [5, 5.41) is 6.75. The van der Waals surface area contributed by atoms with Gasteiger partial charge in [-0.25, -0.2) is 0 Å². The van der Waals surface area contributed by atoms with Gasteiger partial charge in [0, 0.05) is 19.3 Å². The van der Waals surface area contributed by atoms with E-state index in [1.165, 1.54) is 12.1 Å². The maximum atomic E-state index is 12.4. The zero-order valence-corrected chi connectivity index (χ0v) is 12.2. The largest absolute Gasteiger partial charge is 0.416 e. The number of carbonyl (C=O) groups is 1. The molecule has 0 unspecified atom stereocenters. The van der Waals surface area contributed by atoms with Gasteiger partial charge in [0.1, 0.15) is 5.69 Å². The van der Waals surface area contributed by atoms with Crippen LogP contribution in [0.5, 0.6) is 0 Å². The molecule has 7 heteroatoms. The Hall–Kier alpha value is -2.31. The van der Waals surface area contributed by atoms with Crippen LogP contribution in [-0.4, -0.2) is 22.2 Å². The number of amides is 1. The third-order valence-corrected chi connectivity index (χ3v) is 3.33. The molecule has 1 aromatic heterocycles. The van der Waals surface area contributed by atoms with Crippen molar-refractivity contribution in [1.29, 1.82) is 0 Å². The predicted molar refractivity (Wildman–Crippen MR) is 75.4 cm³/mol. The molecule has 0 aliphatic carbocycles. The van der Waals surface area contributed by atoms with Crippen molar-refractivity contribution in [3.63, 3.8) is 0 Å². The summed E-state index contributed by atoms with van der Waals surface area (Å²) in [5.74, 6) is -0.296. The summed E-state index contributed by atoms with van der Waals surface area (Å²) in [7, 11) is 1.74. The fourth-order valence-corrected chi connectivity index (χ4v) is 1.94. The minimum Gasteiger partial charge on any atom is -0.350 e. The Morgan fingerprint density at radius 1 is 1.27 bits per heavy atom. The monoisotopic (exact) mass is 311 g/mol.